The third-order valence-electron chi connectivity index (χ3n) is 5.95. The van der Waals surface area contributed by atoms with Crippen molar-refractivity contribution < 1.29 is 30.8 Å². The fourth-order valence-corrected chi connectivity index (χ4v) is 4.91. The highest BCUT2D eigenvalue weighted by Gasteiger charge is 2.30. The van der Waals surface area contributed by atoms with Gasteiger partial charge < -0.3 is 5.32 Å². The fourth-order valence-electron chi connectivity index (χ4n) is 3.75. The lowest BCUT2D eigenvalue weighted by Gasteiger charge is -2.12. The molecular formula is C29H24F4N4O3S. The molecule has 0 fully saturated rings. The number of aryl methyl sites for hydroxylation is 1. The number of carbonyl (C=O) groups excluding carboxylic acids is 1. The molecule has 12 heteroatoms. The van der Waals surface area contributed by atoms with E-state index in [0.717, 1.165) is 17.7 Å². The van der Waals surface area contributed by atoms with Crippen LogP contribution in [0.5, 0.6) is 0 Å². The van der Waals surface area contributed by atoms with Crippen molar-refractivity contribution in [3.8, 4) is 11.8 Å². The van der Waals surface area contributed by atoms with Crippen LogP contribution < -0.4 is 10.0 Å². The molecular weight excluding hydrogens is 560 g/mol. The minimum absolute atomic E-state index is 0.0142. The molecule has 0 saturated carbocycles. The first-order valence-electron chi connectivity index (χ1n) is 12.3. The summed E-state index contributed by atoms with van der Waals surface area (Å²) in [5, 5.41) is 9.37. The molecule has 3 aromatic carbocycles. The van der Waals surface area contributed by atoms with Crippen LogP contribution in [0.4, 0.5) is 17.6 Å². The van der Waals surface area contributed by atoms with Gasteiger partial charge in [-0.3, -0.25) is 9.89 Å². The van der Waals surface area contributed by atoms with Crippen molar-refractivity contribution in [3.63, 3.8) is 0 Å². The zero-order chi connectivity index (χ0) is 29.5. The Morgan fingerprint density at radius 3 is 2.34 bits per heavy atom. The standard InChI is InChI=1S/C29H24F4N4O3S/c30-26-12-6-20(7-13-26)3-8-23-16-24(28(38)34-15-1-2-22-17-35-36-18-22)9-14-27(23)41(39,40)37-19-21-4-10-25(11-5-21)29(31,32)33/h4-7,9-14,16-18,37H,1-2,15,19H2,(H,34,38)(H,35,36). The van der Waals surface area contributed by atoms with Gasteiger partial charge in [0.05, 0.1) is 16.7 Å². The van der Waals surface area contributed by atoms with Gasteiger partial charge in [0.2, 0.25) is 10.0 Å². The number of sulfonamides is 1. The lowest BCUT2D eigenvalue weighted by molar-refractivity contribution is -0.137. The highest BCUT2D eigenvalue weighted by molar-refractivity contribution is 7.89. The van der Waals surface area contributed by atoms with E-state index in [2.05, 4.69) is 32.1 Å². The van der Waals surface area contributed by atoms with E-state index in [1.54, 1.807) is 12.4 Å². The summed E-state index contributed by atoms with van der Waals surface area (Å²) < 4.78 is 80.5. The molecule has 3 N–H and O–H groups in total. The first-order valence-corrected chi connectivity index (χ1v) is 13.8. The predicted molar refractivity (Wildman–Crippen MR) is 144 cm³/mol. The lowest BCUT2D eigenvalue weighted by atomic mass is 10.1. The summed E-state index contributed by atoms with van der Waals surface area (Å²) in [6, 6.07) is 13.3. The van der Waals surface area contributed by atoms with E-state index >= 15 is 0 Å². The van der Waals surface area contributed by atoms with E-state index in [1.807, 2.05) is 0 Å². The molecule has 0 aliphatic rings. The molecule has 0 bridgehead atoms. The molecule has 1 aromatic heterocycles. The zero-order valence-electron chi connectivity index (χ0n) is 21.4. The van der Waals surface area contributed by atoms with Gasteiger partial charge in [-0.2, -0.15) is 18.3 Å². The van der Waals surface area contributed by atoms with E-state index in [0.29, 0.717) is 30.5 Å². The van der Waals surface area contributed by atoms with Gasteiger partial charge in [-0.1, -0.05) is 24.0 Å². The van der Waals surface area contributed by atoms with Gasteiger partial charge in [0, 0.05) is 36.0 Å². The van der Waals surface area contributed by atoms with Crippen molar-refractivity contribution in [3.05, 3.63) is 118 Å². The number of hydrogen-bond acceptors (Lipinski definition) is 4. The molecule has 41 heavy (non-hydrogen) atoms. The van der Waals surface area contributed by atoms with Crippen LogP contribution in [-0.2, 0) is 29.2 Å². The highest BCUT2D eigenvalue weighted by Crippen LogP contribution is 2.29. The van der Waals surface area contributed by atoms with Crippen molar-refractivity contribution in [2.75, 3.05) is 6.54 Å². The number of nitrogens with one attached hydrogen (secondary N) is 3. The molecule has 212 valence electrons. The number of amides is 1. The molecule has 0 saturated heterocycles. The number of rotatable bonds is 9. The van der Waals surface area contributed by atoms with Crippen LogP contribution in [0.2, 0.25) is 0 Å². The normalized spacial score (nSPS) is 11.5. The molecule has 1 heterocycles. The third kappa shape index (κ3) is 8.26. The molecule has 7 nitrogen and oxygen atoms in total. The topological polar surface area (TPSA) is 104 Å². The maximum Gasteiger partial charge on any atom is 0.416 e. The molecule has 0 unspecified atom stereocenters. The number of nitrogens with zero attached hydrogens (tertiary/aromatic N) is 1. The van der Waals surface area contributed by atoms with Gasteiger partial charge in [0.1, 0.15) is 5.82 Å². The van der Waals surface area contributed by atoms with E-state index in [1.165, 1.54) is 54.6 Å². The lowest BCUT2D eigenvalue weighted by Crippen LogP contribution is -2.26. The SMILES string of the molecule is O=C(NCCCc1cn[nH]c1)c1ccc(S(=O)(=O)NCc2ccc(C(F)(F)F)cc2)c(C#Cc2ccc(F)cc2)c1. The molecule has 4 rings (SSSR count). The summed E-state index contributed by atoms with van der Waals surface area (Å²) >= 11 is 0. The average Bonchev–Trinajstić information content (AvgIpc) is 3.47. The Morgan fingerprint density at radius 1 is 0.951 bits per heavy atom. The largest absolute Gasteiger partial charge is 0.416 e. The monoisotopic (exact) mass is 584 g/mol. The minimum atomic E-state index is -4.51. The summed E-state index contributed by atoms with van der Waals surface area (Å²) in [6.07, 6.45) is 0.303. The summed E-state index contributed by atoms with van der Waals surface area (Å²) in [5.41, 5.74) is 1.07. The summed E-state index contributed by atoms with van der Waals surface area (Å²) in [7, 11) is -4.20. The Bertz CT molecular complexity index is 1660. The van der Waals surface area contributed by atoms with Crippen LogP contribution in [0, 0.1) is 17.7 Å². The molecule has 1 amide bonds. The number of alkyl halides is 3. The number of aromatic amines is 1. The Kier molecular flexibility index (Phi) is 9.21. The molecule has 0 aliphatic carbocycles. The quantitative estimate of drug-likeness (QED) is 0.149. The van der Waals surface area contributed by atoms with Crippen molar-refractivity contribution in [1.29, 1.82) is 0 Å². The number of aromatic nitrogens is 2. The van der Waals surface area contributed by atoms with Gasteiger partial charge in [0.15, 0.2) is 0 Å². The van der Waals surface area contributed by atoms with E-state index in [9.17, 15) is 30.8 Å². The fraction of sp³-hybridized carbons (Fsp3) is 0.172. The van der Waals surface area contributed by atoms with Crippen LogP contribution in [-0.4, -0.2) is 31.1 Å². The van der Waals surface area contributed by atoms with Crippen molar-refractivity contribution in [2.24, 2.45) is 0 Å². The average molecular weight is 585 g/mol. The van der Waals surface area contributed by atoms with Crippen LogP contribution in [0.1, 0.15) is 44.6 Å². The first-order chi connectivity index (χ1) is 19.5. The molecule has 4 aromatic rings. The number of H-pyrrole nitrogens is 1. The second kappa shape index (κ2) is 12.8. The summed E-state index contributed by atoms with van der Waals surface area (Å²) in [6.45, 7) is 0.0968. The maximum absolute atomic E-state index is 13.3. The zero-order valence-corrected chi connectivity index (χ0v) is 22.2. The van der Waals surface area contributed by atoms with Crippen LogP contribution >= 0.6 is 0 Å². The Hall–Kier alpha value is -4.47. The molecule has 0 atom stereocenters. The maximum atomic E-state index is 13.3. The summed E-state index contributed by atoms with van der Waals surface area (Å²) in [4.78, 5) is 12.5. The predicted octanol–water partition coefficient (Wildman–Crippen LogP) is 4.81. The minimum Gasteiger partial charge on any atom is -0.352 e. The van der Waals surface area contributed by atoms with Gasteiger partial charge in [-0.15, -0.1) is 0 Å². The Labute approximate surface area is 234 Å². The van der Waals surface area contributed by atoms with Gasteiger partial charge in [-0.25, -0.2) is 17.5 Å². The van der Waals surface area contributed by atoms with Crippen LogP contribution in [0.25, 0.3) is 0 Å². The Morgan fingerprint density at radius 2 is 1.68 bits per heavy atom. The van der Waals surface area contributed by atoms with Gasteiger partial charge >= 0.3 is 6.18 Å². The van der Waals surface area contributed by atoms with Gasteiger partial charge in [0.25, 0.3) is 5.91 Å². The van der Waals surface area contributed by atoms with Crippen molar-refractivity contribution >= 4 is 15.9 Å². The van der Waals surface area contributed by atoms with Crippen molar-refractivity contribution in [2.45, 2.75) is 30.5 Å². The third-order valence-corrected chi connectivity index (χ3v) is 7.41. The highest BCUT2D eigenvalue weighted by atomic mass is 32.2. The second-order valence-electron chi connectivity index (χ2n) is 8.95. The van der Waals surface area contributed by atoms with E-state index in [-0.39, 0.29) is 22.6 Å². The van der Waals surface area contributed by atoms with Gasteiger partial charge in [-0.05, 0) is 78.6 Å². The molecule has 0 radical (unpaired) electrons. The molecule has 0 aliphatic heterocycles. The number of benzene rings is 3. The first kappa shape index (κ1) is 29.5. The van der Waals surface area contributed by atoms with E-state index < -0.39 is 33.5 Å². The second-order valence-corrected chi connectivity index (χ2v) is 10.7. The Balaban J connectivity index is 1.54. The summed E-state index contributed by atoms with van der Waals surface area (Å²) in [5.74, 6) is 4.64. The number of carbonyl (C=O) groups is 1. The van der Waals surface area contributed by atoms with Crippen molar-refractivity contribution in [1.82, 2.24) is 20.2 Å². The number of hydrogen-bond donors (Lipinski definition) is 3. The van der Waals surface area contributed by atoms with Crippen LogP contribution in [0.3, 0.4) is 0 Å². The number of halogens is 4. The molecule has 0 spiro atoms. The van der Waals surface area contributed by atoms with Crippen LogP contribution in [0.15, 0.2) is 84.0 Å². The van der Waals surface area contributed by atoms with E-state index in [4.69, 9.17) is 0 Å². The smallest absolute Gasteiger partial charge is 0.352 e.